The van der Waals surface area contributed by atoms with E-state index >= 15 is 0 Å². The second-order valence-corrected chi connectivity index (χ2v) is 4.37. The maximum absolute atomic E-state index is 11.6. The minimum absolute atomic E-state index is 0.0702. The Bertz CT molecular complexity index is 349. The van der Waals surface area contributed by atoms with Crippen LogP contribution in [0.25, 0.3) is 0 Å². The van der Waals surface area contributed by atoms with Crippen molar-refractivity contribution >= 4 is 5.91 Å². The average Bonchev–Trinajstić information content (AvgIpc) is 2.83. The van der Waals surface area contributed by atoms with E-state index in [-0.39, 0.29) is 5.91 Å². The van der Waals surface area contributed by atoms with Crippen molar-refractivity contribution in [3.05, 3.63) is 24.0 Å². The van der Waals surface area contributed by atoms with Gasteiger partial charge < -0.3 is 10.6 Å². The van der Waals surface area contributed by atoms with Gasteiger partial charge >= 0.3 is 0 Å². The molecule has 5 nitrogen and oxygen atoms in total. The van der Waals surface area contributed by atoms with Gasteiger partial charge in [-0.25, -0.2) is 0 Å². The number of nitrogens with one attached hydrogen (secondary N) is 2. The van der Waals surface area contributed by atoms with Crippen molar-refractivity contribution in [1.29, 1.82) is 0 Å². The average molecular weight is 234 g/mol. The molecule has 0 aliphatic heterocycles. The topological polar surface area (TPSA) is 66.9 Å². The number of hydrogen-bond donors (Lipinski definition) is 2. The van der Waals surface area contributed by atoms with Crippen LogP contribution in [0.2, 0.25) is 0 Å². The van der Waals surface area contributed by atoms with Gasteiger partial charge in [0.2, 0.25) is 5.91 Å². The molecule has 1 aliphatic carbocycles. The maximum atomic E-state index is 11.6. The summed E-state index contributed by atoms with van der Waals surface area (Å²) in [5, 5.41) is 13.8. The Balaban J connectivity index is 1.63. The van der Waals surface area contributed by atoms with Crippen LogP contribution in [0.5, 0.6) is 0 Å². The minimum atomic E-state index is 0.0702. The van der Waals surface area contributed by atoms with Crippen LogP contribution in [0.15, 0.2) is 18.3 Å². The summed E-state index contributed by atoms with van der Waals surface area (Å²) >= 11 is 0. The van der Waals surface area contributed by atoms with Gasteiger partial charge in [-0.15, -0.1) is 0 Å². The molecule has 0 atom stereocenters. The largest absolute Gasteiger partial charge is 0.352 e. The third kappa shape index (κ3) is 4.11. The van der Waals surface area contributed by atoms with Crippen LogP contribution in [0.3, 0.4) is 0 Å². The fourth-order valence-electron chi connectivity index (χ4n) is 2.08. The number of amides is 1. The molecule has 1 aromatic rings. The Kier molecular flexibility index (Phi) is 4.44. The standard InChI is InChI=1S/C12H18N4O/c17-12(15-10-4-1-2-5-10)9-13-8-11-6-3-7-14-16-11/h3,6-7,10,13H,1-2,4-5,8-9H2,(H,15,17). The lowest BCUT2D eigenvalue weighted by Gasteiger charge is -2.11. The van der Waals surface area contributed by atoms with E-state index in [1.54, 1.807) is 6.20 Å². The molecule has 17 heavy (non-hydrogen) atoms. The number of hydrogen-bond acceptors (Lipinski definition) is 4. The van der Waals surface area contributed by atoms with E-state index in [0.717, 1.165) is 18.5 Å². The summed E-state index contributed by atoms with van der Waals surface area (Å²) in [4.78, 5) is 11.6. The molecule has 1 saturated carbocycles. The van der Waals surface area contributed by atoms with E-state index in [1.807, 2.05) is 12.1 Å². The highest BCUT2D eigenvalue weighted by atomic mass is 16.1. The highest BCUT2D eigenvalue weighted by Crippen LogP contribution is 2.17. The molecular weight excluding hydrogens is 216 g/mol. The first-order valence-electron chi connectivity index (χ1n) is 6.11. The predicted molar refractivity (Wildman–Crippen MR) is 64.1 cm³/mol. The second-order valence-electron chi connectivity index (χ2n) is 4.37. The maximum Gasteiger partial charge on any atom is 0.234 e. The van der Waals surface area contributed by atoms with Crippen LogP contribution in [0.4, 0.5) is 0 Å². The molecule has 0 bridgehead atoms. The lowest BCUT2D eigenvalue weighted by molar-refractivity contribution is -0.120. The molecule has 1 aromatic heterocycles. The first-order chi connectivity index (χ1) is 8.34. The van der Waals surface area contributed by atoms with Crippen LogP contribution >= 0.6 is 0 Å². The van der Waals surface area contributed by atoms with Gasteiger partial charge in [0.05, 0.1) is 12.2 Å². The Morgan fingerprint density at radius 2 is 2.24 bits per heavy atom. The molecule has 1 amide bonds. The van der Waals surface area contributed by atoms with Crippen molar-refractivity contribution in [2.75, 3.05) is 6.54 Å². The van der Waals surface area contributed by atoms with Crippen LogP contribution < -0.4 is 10.6 Å². The lowest BCUT2D eigenvalue weighted by atomic mass is 10.2. The Morgan fingerprint density at radius 3 is 2.94 bits per heavy atom. The molecule has 1 aliphatic rings. The summed E-state index contributed by atoms with van der Waals surface area (Å²) < 4.78 is 0. The van der Waals surface area contributed by atoms with Gasteiger partial charge in [-0.1, -0.05) is 12.8 Å². The second kappa shape index (κ2) is 6.30. The van der Waals surface area contributed by atoms with E-state index in [2.05, 4.69) is 20.8 Å². The lowest BCUT2D eigenvalue weighted by Crippen LogP contribution is -2.39. The highest BCUT2D eigenvalue weighted by Gasteiger charge is 2.16. The summed E-state index contributed by atoms with van der Waals surface area (Å²) in [6.07, 6.45) is 6.35. The normalized spacial score (nSPS) is 16.0. The van der Waals surface area contributed by atoms with E-state index in [9.17, 15) is 4.79 Å². The highest BCUT2D eigenvalue weighted by molar-refractivity contribution is 5.78. The number of rotatable bonds is 5. The zero-order chi connectivity index (χ0) is 11.9. The molecule has 5 heteroatoms. The van der Waals surface area contributed by atoms with Crippen LogP contribution in [-0.4, -0.2) is 28.7 Å². The van der Waals surface area contributed by atoms with Crippen molar-refractivity contribution in [3.63, 3.8) is 0 Å². The van der Waals surface area contributed by atoms with Gasteiger partial charge in [-0.2, -0.15) is 10.2 Å². The molecule has 2 rings (SSSR count). The SMILES string of the molecule is O=C(CNCc1cccnn1)NC1CCCC1. The number of carbonyl (C=O) groups excluding carboxylic acids is 1. The Hall–Kier alpha value is -1.49. The van der Waals surface area contributed by atoms with Crippen molar-refractivity contribution in [3.8, 4) is 0 Å². The van der Waals surface area contributed by atoms with Gasteiger partial charge in [-0.05, 0) is 25.0 Å². The van der Waals surface area contributed by atoms with Gasteiger partial charge in [0.1, 0.15) is 0 Å². The summed E-state index contributed by atoms with van der Waals surface area (Å²) in [6, 6.07) is 4.11. The zero-order valence-electron chi connectivity index (χ0n) is 9.85. The minimum Gasteiger partial charge on any atom is -0.352 e. The van der Waals surface area contributed by atoms with Crippen molar-refractivity contribution in [2.24, 2.45) is 0 Å². The predicted octanol–water partition coefficient (Wildman–Crippen LogP) is 0.625. The first kappa shape index (κ1) is 12.0. The van der Waals surface area contributed by atoms with Gasteiger partial charge in [0.15, 0.2) is 0 Å². The van der Waals surface area contributed by atoms with Crippen molar-refractivity contribution < 1.29 is 4.79 Å². The van der Waals surface area contributed by atoms with Gasteiger partial charge in [0.25, 0.3) is 0 Å². The van der Waals surface area contributed by atoms with Crippen molar-refractivity contribution in [1.82, 2.24) is 20.8 Å². The molecule has 0 spiro atoms. The molecule has 0 unspecified atom stereocenters. The fraction of sp³-hybridized carbons (Fsp3) is 0.583. The first-order valence-corrected chi connectivity index (χ1v) is 6.11. The molecule has 2 N–H and O–H groups in total. The van der Waals surface area contributed by atoms with Crippen LogP contribution in [0, 0.1) is 0 Å². The third-order valence-electron chi connectivity index (χ3n) is 2.94. The van der Waals surface area contributed by atoms with Crippen molar-refractivity contribution in [2.45, 2.75) is 38.3 Å². The van der Waals surface area contributed by atoms with E-state index < -0.39 is 0 Å². The van der Waals surface area contributed by atoms with Crippen LogP contribution in [-0.2, 0) is 11.3 Å². The summed E-state index contributed by atoms with van der Waals surface area (Å²) in [5.41, 5.74) is 0.848. The molecule has 92 valence electrons. The molecule has 1 fully saturated rings. The molecule has 0 saturated heterocycles. The molecule has 0 radical (unpaired) electrons. The Labute approximate surface area is 101 Å². The number of nitrogens with zero attached hydrogens (tertiary/aromatic N) is 2. The van der Waals surface area contributed by atoms with E-state index in [4.69, 9.17) is 0 Å². The number of aromatic nitrogens is 2. The summed E-state index contributed by atoms with van der Waals surface area (Å²) in [6.45, 7) is 0.916. The van der Waals surface area contributed by atoms with Crippen LogP contribution in [0.1, 0.15) is 31.4 Å². The van der Waals surface area contributed by atoms with E-state index in [0.29, 0.717) is 19.1 Å². The fourth-order valence-corrected chi connectivity index (χ4v) is 2.08. The number of carbonyl (C=O) groups is 1. The summed E-state index contributed by atoms with van der Waals surface area (Å²) in [7, 11) is 0. The monoisotopic (exact) mass is 234 g/mol. The Morgan fingerprint density at radius 1 is 1.41 bits per heavy atom. The quantitative estimate of drug-likeness (QED) is 0.784. The zero-order valence-corrected chi connectivity index (χ0v) is 9.85. The molecular formula is C12H18N4O. The molecule has 1 heterocycles. The smallest absolute Gasteiger partial charge is 0.234 e. The van der Waals surface area contributed by atoms with Gasteiger partial charge in [-0.3, -0.25) is 4.79 Å². The van der Waals surface area contributed by atoms with E-state index in [1.165, 1.54) is 12.8 Å². The third-order valence-corrected chi connectivity index (χ3v) is 2.94. The van der Waals surface area contributed by atoms with Gasteiger partial charge in [0, 0.05) is 18.8 Å². The summed E-state index contributed by atoms with van der Waals surface area (Å²) in [5.74, 6) is 0.0702. The molecule has 0 aromatic carbocycles.